The van der Waals surface area contributed by atoms with Gasteiger partial charge in [-0.3, -0.25) is 4.79 Å². The number of nitrogen functional groups attached to an aromatic ring is 1. The van der Waals surface area contributed by atoms with Crippen molar-refractivity contribution in [3.05, 3.63) is 23.8 Å². The summed E-state index contributed by atoms with van der Waals surface area (Å²) in [5.74, 6) is 0.0454. The molecule has 1 atom stereocenters. The molecule has 0 heterocycles. The van der Waals surface area contributed by atoms with Gasteiger partial charge in [0, 0.05) is 12.1 Å². The first-order chi connectivity index (χ1) is 8.21. The van der Waals surface area contributed by atoms with Crippen molar-refractivity contribution in [2.24, 2.45) is 17.1 Å². The molecule has 0 saturated heterocycles. The SMILES string of the molecule is CC(CNc1ccc(C(N)=O)cc1N)C(C)(C)C. The molecule has 0 aromatic heterocycles. The highest BCUT2D eigenvalue weighted by molar-refractivity contribution is 5.94. The zero-order chi connectivity index (χ0) is 13.9. The first-order valence-electron chi connectivity index (χ1n) is 6.15. The van der Waals surface area contributed by atoms with Crippen LogP contribution in [0.25, 0.3) is 0 Å². The third kappa shape index (κ3) is 3.65. The molecule has 0 spiro atoms. The number of rotatable bonds is 4. The lowest BCUT2D eigenvalue weighted by Gasteiger charge is -2.28. The first-order valence-corrected chi connectivity index (χ1v) is 6.15. The van der Waals surface area contributed by atoms with Gasteiger partial charge in [-0.1, -0.05) is 27.7 Å². The van der Waals surface area contributed by atoms with Crippen LogP contribution in [0.15, 0.2) is 18.2 Å². The number of nitrogens with one attached hydrogen (secondary N) is 1. The van der Waals surface area contributed by atoms with Gasteiger partial charge < -0.3 is 16.8 Å². The Labute approximate surface area is 109 Å². The fourth-order valence-electron chi connectivity index (χ4n) is 1.45. The summed E-state index contributed by atoms with van der Waals surface area (Å²) in [6.07, 6.45) is 0. The minimum absolute atomic E-state index is 0.245. The number of carbonyl (C=O) groups excluding carboxylic acids is 1. The zero-order valence-corrected chi connectivity index (χ0v) is 11.6. The molecule has 0 bridgehead atoms. The summed E-state index contributed by atoms with van der Waals surface area (Å²) in [6.45, 7) is 9.65. The highest BCUT2D eigenvalue weighted by Gasteiger charge is 2.19. The first kappa shape index (κ1) is 14.4. The van der Waals surface area contributed by atoms with Crippen LogP contribution >= 0.6 is 0 Å². The second kappa shape index (κ2) is 5.29. The second-order valence-corrected chi connectivity index (χ2v) is 5.81. The molecular weight excluding hydrogens is 226 g/mol. The van der Waals surface area contributed by atoms with Gasteiger partial charge in [0.1, 0.15) is 0 Å². The van der Waals surface area contributed by atoms with Gasteiger partial charge in [-0.25, -0.2) is 0 Å². The largest absolute Gasteiger partial charge is 0.397 e. The molecule has 0 radical (unpaired) electrons. The number of primary amides is 1. The minimum atomic E-state index is -0.462. The fourth-order valence-corrected chi connectivity index (χ4v) is 1.45. The molecule has 1 amide bonds. The number of hydrogen-bond acceptors (Lipinski definition) is 3. The number of benzene rings is 1. The summed E-state index contributed by atoms with van der Waals surface area (Å²) >= 11 is 0. The molecule has 0 aliphatic heterocycles. The van der Waals surface area contributed by atoms with Gasteiger partial charge in [0.15, 0.2) is 0 Å². The van der Waals surface area contributed by atoms with E-state index in [4.69, 9.17) is 11.5 Å². The molecule has 100 valence electrons. The molecule has 4 heteroatoms. The van der Waals surface area contributed by atoms with Crippen LogP contribution in [0.1, 0.15) is 38.1 Å². The van der Waals surface area contributed by atoms with Gasteiger partial charge in [0.2, 0.25) is 5.91 Å². The van der Waals surface area contributed by atoms with E-state index in [1.54, 1.807) is 18.2 Å². The molecule has 0 fully saturated rings. The maximum atomic E-state index is 11.0. The van der Waals surface area contributed by atoms with Crippen LogP contribution in [0.3, 0.4) is 0 Å². The van der Waals surface area contributed by atoms with E-state index in [1.807, 2.05) is 0 Å². The topological polar surface area (TPSA) is 81.1 Å². The van der Waals surface area contributed by atoms with E-state index in [-0.39, 0.29) is 5.41 Å². The summed E-state index contributed by atoms with van der Waals surface area (Å²) in [4.78, 5) is 11.0. The van der Waals surface area contributed by atoms with Crippen LogP contribution in [0.5, 0.6) is 0 Å². The Hall–Kier alpha value is -1.71. The standard InChI is InChI=1S/C14H23N3O/c1-9(14(2,3)4)8-17-12-6-5-10(13(16)18)7-11(12)15/h5-7,9,17H,8,15H2,1-4H3,(H2,16,18). The predicted octanol–water partition coefficient (Wildman–Crippen LogP) is 2.46. The highest BCUT2D eigenvalue weighted by Crippen LogP contribution is 2.27. The van der Waals surface area contributed by atoms with Crippen molar-refractivity contribution in [2.75, 3.05) is 17.6 Å². The smallest absolute Gasteiger partial charge is 0.248 e. The Morgan fingerprint density at radius 2 is 2.00 bits per heavy atom. The Bertz CT molecular complexity index is 435. The predicted molar refractivity (Wildman–Crippen MR) is 76.5 cm³/mol. The Morgan fingerprint density at radius 1 is 1.39 bits per heavy atom. The van der Waals surface area contributed by atoms with E-state index < -0.39 is 5.91 Å². The molecule has 5 N–H and O–H groups in total. The quantitative estimate of drug-likeness (QED) is 0.717. The molecule has 18 heavy (non-hydrogen) atoms. The third-order valence-corrected chi connectivity index (χ3v) is 3.41. The van der Waals surface area contributed by atoms with E-state index in [0.717, 1.165) is 12.2 Å². The normalized spacial score (nSPS) is 13.1. The second-order valence-electron chi connectivity index (χ2n) is 5.81. The molecule has 0 saturated carbocycles. The number of hydrogen-bond donors (Lipinski definition) is 3. The third-order valence-electron chi connectivity index (χ3n) is 3.41. The van der Waals surface area contributed by atoms with Crippen molar-refractivity contribution in [3.63, 3.8) is 0 Å². The van der Waals surface area contributed by atoms with Gasteiger partial charge in [-0.05, 0) is 29.5 Å². The summed E-state index contributed by atoms with van der Waals surface area (Å²) in [5.41, 5.74) is 13.2. The van der Waals surface area contributed by atoms with Crippen molar-refractivity contribution in [1.82, 2.24) is 0 Å². The van der Waals surface area contributed by atoms with E-state index >= 15 is 0 Å². The maximum absolute atomic E-state index is 11.0. The van der Waals surface area contributed by atoms with Crippen LogP contribution in [0.2, 0.25) is 0 Å². The zero-order valence-electron chi connectivity index (χ0n) is 11.6. The number of anilines is 2. The molecule has 1 unspecified atom stereocenters. The van der Waals surface area contributed by atoms with Crippen LogP contribution < -0.4 is 16.8 Å². The van der Waals surface area contributed by atoms with E-state index in [2.05, 4.69) is 33.0 Å². The molecule has 0 aliphatic carbocycles. The van der Waals surface area contributed by atoms with Gasteiger partial charge in [-0.2, -0.15) is 0 Å². The Morgan fingerprint density at radius 3 is 2.44 bits per heavy atom. The van der Waals surface area contributed by atoms with Gasteiger partial charge in [-0.15, -0.1) is 0 Å². The summed E-state index contributed by atoms with van der Waals surface area (Å²) in [7, 11) is 0. The molecule has 0 aliphatic rings. The maximum Gasteiger partial charge on any atom is 0.248 e. The average molecular weight is 249 g/mol. The number of amides is 1. The monoisotopic (exact) mass is 249 g/mol. The van der Waals surface area contributed by atoms with Crippen molar-refractivity contribution < 1.29 is 4.79 Å². The Kier molecular flexibility index (Phi) is 4.22. The molecule has 1 rings (SSSR count). The van der Waals surface area contributed by atoms with Gasteiger partial charge >= 0.3 is 0 Å². The lowest BCUT2D eigenvalue weighted by atomic mass is 9.82. The van der Waals surface area contributed by atoms with Crippen LogP contribution in [-0.4, -0.2) is 12.5 Å². The molecular formula is C14H23N3O. The van der Waals surface area contributed by atoms with Crippen LogP contribution in [0.4, 0.5) is 11.4 Å². The highest BCUT2D eigenvalue weighted by atomic mass is 16.1. The lowest BCUT2D eigenvalue weighted by molar-refractivity contribution is 0.100. The van der Waals surface area contributed by atoms with E-state index in [0.29, 0.717) is 17.2 Å². The lowest BCUT2D eigenvalue weighted by Crippen LogP contribution is -2.25. The summed E-state index contributed by atoms with van der Waals surface area (Å²) < 4.78 is 0. The van der Waals surface area contributed by atoms with Gasteiger partial charge in [0.05, 0.1) is 11.4 Å². The van der Waals surface area contributed by atoms with Gasteiger partial charge in [0.25, 0.3) is 0 Å². The summed E-state index contributed by atoms with van der Waals surface area (Å²) in [5, 5.41) is 3.31. The van der Waals surface area contributed by atoms with Crippen molar-refractivity contribution in [1.29, 1.82) is 0 Å². The average Bonchev–Trinajstić information content (AvgIpc) is 2.25. The van der Waals surface area contributed by atoms with Crippen molar-refractivity contribution in [2.45, 2.75) is 27.7 Å². The molecule has 1 aromatic rings. The molecule has 4 nitrogen and oxygen atoms in total. The van der Waals surface area contributed by atoms with Crippen LogP contribution in [0, 0.1) is 11.3 Å². The minimum Gasteiger partial charge on any atom is -0.397 e. The van der Waals surface area contributed by atoms with E-state index in [9.17, 15) is 4.79 Å². The number of nitrogens with two attached hydrogens (primary N) is 2. The van der Waals surface area contributed by atoms with Crippen LogP contribution in [-0.2, 0) is 0 Å². The summed E-state index contributed by atoms with van der Waals surface area (Å²) in [6, 6.07) is 5.08. The van der Waals surface area contributed by atoms with E-state index in [1.165, 1.54) is 0 Å². The fraction of sp³-hybridized carbons (Fsp3) is 0.500. The number of carbonyl (C=O) groups is 1. The Balaban J connectivity index is 2.72. The van der Waals surface area contributed by atoms with Crippen molar-refractivity contribution >= 4 is 17.3 Å². The molecule has 1 aromatic carbocycles. The van der Waals surface area contributed by atoms with Crippen molar-refractivity contribution in [3.8, 4) is 0 Å².